The Balaban J connectivity index is 2.00. The van der Waals surface area contributed by atoms with Gasteiger partial charge in [0.1, 0.15) is 5.52 Å². The minimum absolute atomic E-state index is 0.0817. The molecule has 25 heavy (non-hydrogen) atoms. The molecule has 3 heterocycles. The molecule has 1 aliphatic heterocycles. The molecule has 0 amide bonds. The van der Waals surface area contributed by atoms with Crippen molar-refractivity contribution < 1.29 is 13.6 Å². The number of rotatable bonds is 3. The number of fused-ring (bicyclic) bond motifs is 1. The number of likely N-dealkylation sites (tertiary alicyclic amines) is 1. The summed E-state index contributed by atoms with van der Waals surface area (Å²) >= 11 is 0. The first-order chi connectivity index (χ1) is 11.7. The van der Waals surface area contributed by atoms with Gasteiger partial charge in [0.15, 0.2) is 5.82 Å². The predicted octanol–water partition coefficient (Wildman–Crippen LogP) is 2.57. The highest BCUT2D eigenvalue weighted by atomic mass is 19.1. The monoisotopic (exact) mass is 348 g/mol. The summed E-state index contributed by atoms with van der Waals surface area (Å²) < 4.78 is 16.7. The van der Waals surface area contributed by atoms with Gasteiger partial charge in [-0.25, -0.2) is 4.39 Å². The third kappa shape index (κ3) is 3.27. The highest BCUT2D eigenvalue weighted by Gasteiger charge is 2.40. The van der Waals surface area contributed by atoms with Crippen LogP contribution in [0.4, 0.5) is 4.39 Å². The molecule has 0 saturated carbocycles. The number of hydrogen-bond acceptors (Lipinski definition) is 2. The van der Waals surface area contributed by atoms with Gasteiger partial charge in [-0.1, -0.05) is 0 Å². The topological polar surface area (TPSA) is 48.9 Å². The van der Waals surface area contributed by atoms with Crippen molar-refractivity contribution in [3.05, 3.63) is 45.8 Å². The van der Waals surface area contributed by atoms with E-state index in [9.17, 15) is 14.4 Å². The maximum absolute atomic E-state index is 13.7. The van der Waals surface area contributed by atoms with Crippen LogP contribution in [0, 0.1) is 11.0 Å². The van der Waals surface area contributed by atoms with Crippen molar-refractivity contribution in [1.29, 1.82) is 0 Å². The fraction of sp³-hybridized carbons (Fsp3) is 0.579. The van der Waals surface area contributed by atoms with Gasteiger partial charge in [0, 0.05) is 18.2 Å². The van der Waals surface area contributed by atoms with Gasteiger partial charge in [0.2, 0.25) is 11.7 Å². The molecule has 2 aromatic heterocycles. The lowest BCUT2D eigenvalue weighted by molar-refractivity contribution is -0.975. The summed E-state index contributed by atoms with van der Waals surface area (Å²) in [4.78, 5) is 12.4. The molecular formula is C19H27FN3O2+. The van der Waals surface area contributed by atoms with Crippen LogP contribution in [0.25, 0.3) is 11.0 Å². The highest BCUT2D eigenvalue weighted by molar-refractivity contribution is 5.71. The van der Waals surface area contributed by atoms with Gasteiger partial charge in [-0.2, -0.15) is 4.73 Å². The Morgan fingerprint density at radius 2 is 1.92 bits per heavy atom. The average molecular weight is 348 g/mol. The van der Waals surface area contributed by atoms with Crippen LogP contribution >= 0.6 is 0 Å². The normalized spacial score (nSPS) is 17.8. The van der Waals surface area contributed by atoms with Crippen molar-refractivity contribution in [2.75, 3.05) is 19.6 Å². The van der Waals surface area contributed by atoms with Crippen LogP contribution in [0.1, 0.15) is 40.0 Å². The second-order valence-corrected chi connectivity index (χ2v) is 8.13. The van der Waals surface area contributed by atoms with Gasteiger partial charge < -0.3 is 9.69 Å². The molecule has 1 aliphatic rings. The lowest BCUT2D eigenvalue weighted by Crippen LogP contribution is -2.63. The van der Waals surface area contributed by atoms with E-state index in [-0.39, 0.29) is 11.1 Å². The Hall–Kier alpha value is -1.95. The molecule has 0 atom stereocenters. The summed E-state index contributed by atoms with van der Waals surface area (Å²) in [5, 5.41) is 11.9. The molecule has 0 bridgehead atoms. The van der Waals surface area contributed by atoms with E-state index in [2.05, 4.69) is 20.8 Å². The van der Waals surface area contributed by atoms with E-state index in [1.54, 1.807) is 4.57 Å². The molecule has 136 valence electrons. The van der Waals surface area contributed by atoms with Gasteiger partial charge in [-0.05, 0) is 40.0 Å². The van der Waals surface area contributed by atoms with Gasteiger partial charge in [-0.15, -0.1) is 0 Å². The third-order valence-electron chi connectivity index (χ3n) is 5.80. The van der Waals surface area contributed by atoms with Gasteiger partial charge in [0.25, 0.3) is 5.56 Å². The maximum Gasteiger partial charge on any atom is 0.251 e. The van der Waals surface area contributed by atoms with Gasteiger partial charge >= 0.3 is 0 Å². The summed E-state index contributed by atoms with van der Waals surface area (Å²) in [6, 6.07) is 4.14. The predicted molar refractivity (Wildman–Crippen MR) is 95.6 cm³/mol. The van der Waals surface area contributed by atoms with E-state index in [1.807, 2.05) is 0 Å². The minimum Gasteiger partial charge on any atom is -0.618 e. The molecule has 6 heteroatoms. The number of hydrogen-bond donors (Lipinski definition) is 0. The molecule has 1 saturated heterocycles. The van der Waals surface area contributed by atoms with Crippen LogP contribution in [0.3, 0.4) is 0 Å². The number of quaternary nitrogens is 1. The van der Waals surface area contributed by atoms with Gasteiger partial charge in [0.05, 0.1) is 31.7 Å². The zero-order valence-corrected chi connectivity index (χ0v) is 15.3. The van der Waals surface area contributed by atoms with E-state index in [0.29, 0.717) is 22.3 Å². The van der Waals surface area contributed by atoms with Crippen molar-refractivity contribution in [2.24, 2.45) is 0 Å². The summed E-state index contributed by atoms with van der Waals surface area (Å²) in [5.74, 6) is -0.625. The van der Waals surface area contributed by atoms with E-state index < -0.39 is 5.82 Å². The fourth-order valence-electron chi connectivity index (χ4n) is 4.14. The molecule has 0 spiro atoms. The van der Waals surface area contributed by atoms with Crippen LogP contribution in [-0.4, -0.2) is 34.2 Å². The summed E-state index contributed by atoms with van der Waals surface area (Å²) in [7, 11) is 0. The van der Waals surface area contributed by atoms with Gasteiger partial charge in [-0.3, -0.25) is 9.36 Å². The number of aromatic nitrogens is 2. The fourth-order valence-corrected chi connectivity index (χ4v) is 4.14. The largest absolute Gasteiger partial charge is 0.618 e. The average Bonchev–Trinajstić information content (AvgIpc) is 2.53. The summed E-state index contributed by atoms with van der Waals surface area (Å²) in [6.45, 7) is 10.2. The Morgan fingerprint density at radius 3 is 2.56 bits per heavy atom. The van der Waals surface area contributed by atoms with Crippen LogP contribution in [0.2, 0.25) is 0 Å². The summed E-state index contributed by atoms with van der Waals surface area (Å²) in [6.07, 6.45) is 4.53. The first-order valence-corrected chi connectivity index (χ1v) is 9.02. The summed E-state index contributed by atoms with van der Waals surface area (Å²) in [5.41, 5.74) is 0.578. The lowest BCUT2D eigenvalue weighted by atomic mass is 9.95. The zero-order chi connectivity index (χ0) is 18.2. The van der Waals surface area contributed by atoms with Crippen molar-refractivity contribution in [1.82, 2.24) is 4.57 Å². The molecule has 0 N–H and O–H groups in total. The molecule has 0 unspecified atom stereocenters. The zero-order valence-electron chi connectivity index (χ0n) is 15.3. The quantitative estimate of drug-likeness (QED) is 0.486. The number of pyridine rings is 2. The van der Waals surface area contributed by atoms with E-state index in [1.165, 1.54) is 37.5 Å². The molecule has 3 rings (SSSR count). The lowest BCUT2D eigenvalue weighted by Gasteiger charge is -2.51. The van der Waals surface area contributed by atoms with Crippen molar-refractivity contribution in [3.8, 4) is 0 Å². The number of piperidine rings is 1. The van der Waals surface area contributed by atoms with Crippen LogP contribution < -0.4 is 10.3 Å². The molecule has 2 aromatic rings. The third-order valence-corrected chi connectivity index (χ3v) is 5.80. The van der Waals surface area contributed by atoms with Crippen LogP contribution in [0.5, 0.6) is 0 Å². The molecule has 0 radical (unpaired) electrons. The molecular weight excluding hydrogens is 321 g/mol. The molecule has 0 aromatic carbocycles. The van der Waals surface area contributed by atoms with E-state index >= 15 is 0 Å². The Bertz CT molecular complexity index is 833. The number of nitrogens with zero attached hydrogens (tertiary/aromatic N) is 3. The SMILES string of the molecule is CC(C)(C)[N+]1(CCn2c(=O)ccc3c2cc(F)c[n+]3[O-])CCCCC1. The van der Waals surface area contributed by atoms with Crippen molar-refractivity contribution >= 4 is 11.0 Å². The van der Waals surface area contributed by atoms with Crippen molar-refractivity contribution in [2.45, 2.75) is 52.1 Å². The maximum atomic E-state index is 13.7. The number of halogens is 1. The first-order valence-electron chi connectivity index (χ1n) is 9.02. The van der Waals surface area contributed by atoms with E-state index in [0.717, 1.165) is 30.3 Å². The molecule has 1 fully saturated rings. The van der Waals surface area contributed by atoms with E-state index in [4.69, 9.17) is 0 Å². The smallest absolute Gasteiger partial charge is 0.251 e. The van der Waals surface area contributed by atoms with Crippen LogP contribution in [0.15, 0.2) is 29.2 Å². The Labute approximate surface area is 147 Å². The minimum atomic E-state index is -0.625. The van der Waals surface area contributed by atoms with Crippen LogP contribution in [-0.2, 0) is 6.54 Å². The Morgan fingerprint density at radius 1 is 1.24 bits per heavy atom. The highest BCUT2D eigenvalue weighted by Crippen LogP contribution is 2.30. The standard InChI is InChI=1S/C19H27FN3O2/c1-19(2,3)23(10-5-4-6-11-23)12-9-21-17-13-15(20)14-22(25)16(17)7-8-18(21)24/h7-8,13-14H,4-6,9-12H2,1-3H3/q+1. The first kappa shape index (κ1) is 17.9. The van der Waals surface area contributed by atoms with Crippen molar-refractivity contribution in [3.63, 3.8) is 0 Å². The molecule has 0 aliphatic carbocycles. The Kier molecular flexibility index (Phi) is 4.58. The molecule has 5 nitrogen and oxygen atoms in total. The second kappa shape index (κ2) is 6.41. The second-order valence-electron chi connectivity index (χ2n) is 8.13.